The van der Waals surface area contributed by atoms with E-state index in [1.165, 1.54) is 31.2 Å². The Morgan fingerprint density at radius 2 is 1.75 bits per heavy atom. The molecule has 0 fully saturated rings. The molecule has 0 bridgehead atoms. The van der Waals surface area contributed by atoms with E-state index in [-0.39, 0.29) is 24.4 Å². The van der Waals surface area contributed by atoms with Gasteiger partial charge < -0.3 is 18.8 Å². The fourth-order valence-corrected chi connectivity index (χ4v) is 4.31. The molecule has 0 spiro atoms. The van der Waals surface area contributed by atoms with Crippen molar-refractivity contribution >= 4 is 11.8 Å². The first-order valence-corrected chi connectivity index (χ1v) is 13.2. The van der Waals surface area contributed by atoms with Crippen LogP contribution in [0.2, 0.25) is 0 Å². The highest BCUT2D eigenvalue weighted by atomic mass is 16.3. The van der Waals surface area contributed by atoms with Crippen molar-refractivity contribution in [3.05, 3.63) is 83.6 Å². The lowest BCUT2D eigenvalue weighted by molar-refractivity contribution is -0.134. The van der Waals surface area contributed by atoms with Crippen molar-refractivity contribution in [1.82, 2.24) is 14.4 Å². The molecule has 0 N–H and O–H groups in total. The fraction of sp³-hybridized carbons (Fsp3) is 0.467. The number of carbonyl (C=O) groups is 2. The van der Waals surface area contributed by atoms with Crippen LogP contribution in [-0.2, 0) is 31.4 Å². The molecule has 1 atom stereocenters. The van der Waals surface area contributed by atoms with Gasteiger partial charge in [-0.2, -0.15) is 0 Å². The molecule has 2 amide bonds. The lowest BCUT2D eigenvalue weighted by Crippen LogP contribution is -2.46. The lowest BCUT2D eigenvalue weighted by Gasteiger charge is -2.31. The minimum absolute atomic E-state index is 0.0255. The maximum atomic E-state index is 13.6. The maximum Gasteiger partial charge on any atom is 0.254 e. The van der Waals surface area contributed by atoms with Crippen molar-refractivity contribution in [2.45, 2.75) is 78.4 Å². The summed E-state index contributed by atoms with van der Waals surface area (Å²) in [6.07, 6.45) is 10.3. The number of hydrogen-bond acceptors (Lipinski definition) is 3. The number of aryl methyl sites for hydroxylation is 2. The molecule has 3 rings (SSSR count). The molecule has 6 nitrogen and oxygen atoms in total. The van der Waals surface area contributed by atoms with Crippen LogP contribution in [0.1, 0.15) is 80.3 Å². The number of hydrogen-bond donors (Lipinski definition) is 0. The van der Waals surface area contributed by atoms with Gasteiger partial charge in [-0.15, -0.1) is 0 Å². The quantitative estimate of drug-likeness (QED) is 0.252. The molecule has 1 aromatic carbocycles. The molecule has 194 valence electrons. The van der Waals surface area contributed by atoms with E-state index in [0.717, 1.165) is 18.5 Å². The topological polar surface area (TPSA) is 58.7 Å². The average molecular weight is 492 g/mol. The van der Waals surface area contributed by atoms with E-state index >= 15 is 0 Å². The van der Waals surface area contributed by atoms with Crippen LogP contribution in [0.25, 0.3) is 0 Å². The molecule has 3 aromatic rings. The Morgan fingerprint density at radius 1 is 0.972 bits per heavy atom. The minimum atomic E-state index is -0.105. The zero-order valence-electron chi connectivity index (χ0n) is 22.3. The summed E-state index contributed by atoms with van der Waals surface area (Å²) < 4.78 is 7.53. The van der Waals surface area contributed by atoms with Gasteiger partial charge in [0.25, 0.3) is 5.91 Å². The Hall–Kier alpha value is -3.28. The highest BCUT2D eigenvalue weighted by Crippen LogP contribution is 2.17. The van der Waals surface area contributed by atoms with Crippen molar-refractivity contribution in [1.29, 1.82) is 0 Å². The number of furan rings is 1. The third-order valence-corrected chi connectivity index (χ3v) is 6.89. The fourth-order valence-electron chi connectivity index (χ4n) is 4.31. The molecule has 0 saturated heterocycles. The number of carbonyl (C=O) groups excluding carboxylic acids is 2. The van der Waals surface area contributed by atoms with Gasteiger partial charge >= 0.3 is 0 Å². The van der Waals surface area contributed by atoms with Gasteiger partial charge in [0.15, 0.2) is 0 Å². The van der Waals surface area contributed by atoms with E-state index in [2.05, 4.69) is 19.1 Å². The van der Waals surface area contributed by atoms with Gasteiger partial charge in [-0.05, 0) is 68.1 Å². The Balaban J connectivity index is 1.73. The predicted molar refractivity (Wildman–Crippen MR) is 143 cm³/mol. The average Bonchev–Trinajstić information content (AvgIpc) is 3.56. The molecule has 0 saturated carbocycles. The second kappa shape index (κ2) is 13.7. The molecule has 36 heavy (non-hydrogen) atoms. The summed E-state index contributed by atoms with van der Waals surface area (Å²) in [6.45, 7) is 7.08. The molecular weight excluding hydrogens is 450 g/mol. The van der Waals surface area contributed by atoms with Crippen molar-refractivity contribution in [2.75, 3.05) is 6.54 Å². The molecule has 0 aliphatic carbocycles. The van der Waals surface area contributed by atoms with Gasteiger partial charge in [0.1, 0.15) is 12.3 Å². The summed E-state index contributed by atoms with van der Waals surface area (Å²) >= 11 is 0. The zero-order chi connectivity index (χ0) is 25.9. The van der Waals surface area contributed by atoms with E-state index in [1.54, 1.807) is 16.1 Å². The van der Waals surface area contributed by atoms with Crippen LogP contribution in [0, 0.1) is 0 Å². The summed E-state index contributed by atoms with van der Waals surface area (Å²) in [5.74, 6) is 0.509. The standard InChI is InChI=1S/C30H41N3O3/c1-5-7-8-9-12-25-15-17-26(18-16-25)30(35)33(24(3)6-2)23-29(34)32(22-28-14-11-20-36-28)21-27-13-10-19-31(27)4/h10-11,13-20,24H,5-9,12,21-23H2,1-4H3. The predicted octanol–water partition coefficient (Wildman–Crippen LogP) is 6.21. The molecule has 0 radical (unpaired) electrons. The summed E-state index contributed by atoms with van der Waals surface area (Å²) in [4.78, 5) is 30.6. The molecular formula is C30H41N3O3. The second-order valence-electron chi connectivity index (χ2n) is 9.64. The van der Waals surface area contributed by atoms with Gasteiger partial charge in [0, 0.05) is 30.5 Å². The van der Waals surface area contributed by atoms with Crippen LogP contribution in [0.4, 0.5) is 0 Å². The van der Waals surface area contributed by atoms with Crippen LogP contribution < -0.4 is 0 Å². The minimum Gasteiger partial charge on any atom is -0.467 e. The Bertz CT molecular complexity index is 1070. The summed E-state index contributed by atoms with van der Waals surface area (Å²) in [5, 5.41) is 0. The Labute approximate surface area is 215 Å². The smallest absolute Gasteiger partial charge is 0.254 e. The van der Waals surface area contributed by atoms with Gasteiger partial charge in [-0.3, -0.25) is 9.59 Å². The van der Waals surface area contributed by atoms with Gasteiger partial charge in [-0.25, -0.2) is 0 Å². The third kappa shape index (κ3) is 7.61. The summed E-state index contributed by atoms with van der Waals surface area (Å²) in [7, 11) is 1.97. The third-order valence-electron chi connectivity index (χ3n) is 6.89. The molecule has 0 aliphatic rings. The number of rotatable bonds is 14. The normalized spacial score (nSPS) is 11.9. The number of unbranched alkanes of at least 4 members (excludes halogenated alkanes) is 3. The van der Waals surface area contributed by atoms with E-state index in [9.17, 15) is 9.59 Å². The zero-order valence-corrected chi connectivity index (χ0v) is 22.3. The van der Waals surface area contributed by atoms with Crippen LogP contribution in [0.15, 0.2) is 65.4 Å². The van der Waals surface area contributed by atoms with Crippen LogP contribution >= 0.6 is 0 Å². The van der Waals surface area contributed by atoms with E-state index < -0.39 is 0 Å². The monoisotopic (exact) mass is 491 g/mol. The van der Waals surface area contributed by atoms with Crippen molar-refractivity contribution in [3.63, 3.8) is 0 Å². The first kappa shape index (κ1) is 27.3. The summed E-state index contributed by atoms with van der Waals surface area (Å²) in [6, 6.07) is 15.5. The molecule has 6 heteroatoms. The van der Waals surface area contributed by atoms with Crippen LogP contribution in [0.3, 0.4) is 0 Å². The van der Waals surface area contributed by atoms with Gasteiger partial charge in [0.05, 0.1) is 19.4 Å². The molecule has 1 unspecified atom stereocenters. The van der Waals surface area contributed by atoms with Crippen molar-refractivity contribution < 1.29 is 14.0 Å². The molecule has 2 heterocycles. The van der Waals surface area contributed by atoms with E-state index in [0.29, 0.717) is 24.4 Å². The first-order valence-electron chi connectivity index (χ1n) is 13.2. The van der Waals surface area contributed by atoms with E-state index in [4.69, 9.17) is 4.42 Å². The highest BCUT2D eigenvalue weighted by Gasteiger charge is 2.26. The number of nitrogens with zero attached hydrogens (tertiary/aromatic N) is 3. The van der Waals surface area contributed by atoms with Crippen molar-refractivity contribution in [2.24, 2.45) is 7.05 Å². The summed E-state index contributed by atoms with van der Waals surface area (Å²) in [5.41, 5.74) is 2.90. The number of benzene rings is 1. The second-order valence-corrected chi connectivity index (χ2v) is 9.64. The largest absolute Gasteiger partial charge is 0.467 e. The molecule has 0 aliphatic heterocycles. The first-order chi connectivity index (χ1) is 17.4. The Morgan fingerprint density at radius 3 is 2.36 bits per heavy atom. The highest BCUT2D eigenvalue weighted by molar-refractivity contribution is 5.96. The lowest BCUT2D eigenvalue weighted by atomic mass is 10.0. The molecule has 2 aromatic heterocycles. The Kier molecular flexibility index (Phi) is 10.4. The number of amides is 2. The van der Waals surface area contributed by atoms with Crippen molar-refractivity contribution in [3.8, 4) is 0 Å². The van der Waals surface area contributed by atoms with E-state index in [1.807, 2.05) is 68.1 Å². The van der Waals surface area contributed by atoms with Crippen LogP contribution in [-0.4, -0.2) is 38.8 Å². The van der Waals surface area contributed by atoms with Gasteiger partial charge in [0.2, 0.25) is 5.91 Å². The van der Waals surface area contributed by atoms with Gasteiger partial charge in [-0.1, -0.05) is 45.2 Å². The number of aromatic nitrogens is 1. The maximum absolute atomic E-state index is 13.6. The SMILES string of the molecule is CCCCCCc1ccc(C(=O)N(CC(=O)N(Cc2ccco2)Cc2cccn2C)C(C)CC)cc1. The van der Waals surface area contributed by atoms with Crippen LogP contribution in [0.5, 0.6) is 0 Å².